The first-order valence-corrected chi connectivity index (χ1v) is 8.79. The third kappa shape index (κ3) is 3.06. The molecule has 0 atom stereocenters. The molecule has 0 spiro atoms. The number of aryl methyl sites for hydroxylation is 1. The Morgan fingerprint density at radius 2 is 2.14 bits per heavy atom. The molecule has 0 aromatic carbocycles. The summed E-state index contributed by atoms with van der Waals surface area (Å²) in [6.07, 6.45) is 5.88. The molecule has 9 heteroatoms. The van der Waals surface area contributed by atoms with Gasteiger partial charge in [0.25, 0.3) is 0 Å². The highest BCUT2D eigenvalue weighted by atomic mass is 32.2. The van der Waals surface area contributed by atoms with Gasteiger partial charge in [-0.2, -0.15) is 16.4 Å². The van der Waals surface area contributed by atoms with Gasteiger partial charge in [-0.15, -0.1) is 0 Å². The van der Waals surface area contributed by atoms with Gasteiger partial charge in [-0.1, -0.05) is 0 Å². The zero-order valence-electron chi connectivity index (χ0n) is 11.7. The van der Waals surface area contributed by atoms with Gasteiger partial charge in [0.05, 0.1) is 24.1 Å². The maximum Gasteiger partial charge on any atom is 0.244 e. The van der Waals surface area contributed by atoms with E-state index in [1.807, 2.05) is 16.8 Å². The Bertz CT molecular complexity index is 871. The first-order chi connectivity index (χ1) is 10.6. The molecular weight excluding hydrogens is 322 g/mol. The number of thiophene rings is 1. The van der Waals surface area contributed by atoms with Crippen molar-refractivity contribution in [1.29, 1.82) is 0 Å². The van der Waals surface area contributed by atoms with Gasteiger partial charge >= 0.3 is 0 Å². The lowest BCUT2D eigenvalue weighted by Gasteiger charge is -2.07. The lowest BCUT2D eigenvalue weighted by Crippen LogP contribution is -2.24. The Hall–Kier alpha value is -2.10. The highest BCUT2D eigenvalue weighted by Gasteiger charge is 2.17. The van der Waals surface area contributed by atoms with Gasteiger partial charge < -0.3 is 0 Å². The molecule has 1 N–H and O–H groups in total. The van der Waals surface area contributed by atoms with Crippen LogP contribution in [0.2, 0.25) is 0 Å². The summed E-state index contributed by atoms with van der Waals surface area (Å²) in [5.41, 5.74) is 2.18. The van der Waals surface area contributed by atoms with Crippen molar-refractivity contribution in [3.05, 3.63) is 47.3 Å². The van der Waals surface area contributed by atoms with E-state index in [2.05, 4.69) is 19.8 Å². The molecule has 3 aromatic heterocycles. The molecule has 0 fully saturated rings. The summed E-state index contributed by atoms with van der Waals surface area (Å²) in [7, 11) is -1.96. The smallest absolute Gasteiger partial charge is 0.244 e. The van der Waals surface area contributed by atoms with Crippen LogP contribution in [0.3, 0.4) is 0 Å². The summed E-state index contributed by atoms with van der Waals surface area (Å²) >= 11 is 1.55. The fraction of sp³-hybridized carbons (Fsp3) is 0.154. The minimum atomic E-state index is -3.62. The minimum absolute atomic E-state index is 0.0657. The number of sulfonamides is 1. The van der Waals surface area contributed by atoms with Crippen molar-refractivity contribution < 1.29 is 8.42 Å². The van der Waals surface area contributed by atoms with Crippen molar-refractivity contribution in [2.75, 3.05) is 0 Å². The molecule has 0 saturated carbocycles. The van der Waals surface area contributed by atoms with Gasteiger partial charge in [-0.05, 0) is 11.4 Å². The number of nitrogens with one attached hydrogen (secondary N) is 1. The highest BCUT2D eigenvalue weighted by molar-refractivity contribution is 7.89. The molecule has 0 saturated heterocycles. The summed E-state index contributed by atoms with van der Waals surface area (Å²) in [5.74, 6) is 0. The van der Waals surface area contributed by atoms with E-state index in [4.69, 9.17) is 0 Å². The lowest BCUT2D eigenvalue weighted by molar-refractivity contribution is 0.580. The molecule has 0 aliphatic heterocycles. The van der Waals surface area contributed by atoms with Crippen LogP contribution in [0.4, 0.5) is 0 Å². The Morgan fingerprint density at radius 1 is 1.32 bits per heavy atom. The van der Waals surface area contributed by atoms with E-state index in [0.717, 1.165) is 5.56 Å². The van der Waals surface area contributed by atoms with Crippen LogP contribution < -0.4 is 4.72 Å². The quantitative estimate of drug-likeness (QED) is 0.761. The second-order valence-electron chi connectivity index (χ2n) is 4.54. The van der Waals surface area contributed by atoms with Crippen LogP contribution in [0.5, 0.6) is 0 Å². The minimum Gasteiger partial charge on any atom is -0.274 e. The molecule has 114 valence electrons. The van der Waals surface area contributed by atoms with Gasteiger partial charge in [-0.25, -0.2) is 13.1 Å². The molecule has 22 heavy (non-hydrogen) atoms. The summed E-state index contributed by atoms with van der Waals surface area (Å²) in [6, 6.07) is 1.92. The van der Waals surface area contributed by atoms with Crippen molar-refractivity contribution in [3.8, 4) is 11.3 Å². The predicted octanol–water partition coefficient (Wildman–Crippen LogP) is 1.42. The van der Waals surface area contributed by atoms with Gasteiger partial charge in [0.2, 0.25) is 10.0 Å². The summed E-state index contributed by atoms with van der Waals surface area (Å²) in [4.78, 5) is 8.64. The first-order valence-electron chi connectivity index (χ1n) is 6.37. The Labute approximate surface area is 131 Å². The van der Waals surface area contributed by atoms with Crippen molar-refractivity contribution in [1.82, 2.24) is 24.5 Å². The van der Waals surface area contributed by atoms with Crippen LogP contribution in [-0.2, 0) is 23.6 Å². The Kier molecular flexibility index (Phi) is 4.01. The fourth-order valence-corrected chi connectivity index (χ4v) is 3.53. The predicted molar refractivity (Wildman–Crippen MR) is 82.6 cm³/mol. The van der Waals surface area contributed by atoms with Crippen LogP contribution >= 0.6 is 11.3 Å². The zero-order valence-corrected chi connectivity index (χ0v) is 13.3. The topological polar surface area (TPSA) is 89.8 Å². The summed E-state index contributed by atoms with van der Waals surface area (Å²) in [6.45, 7) is 0.0657. The first kappa shape index (κ1) is 14.8. The number of hydrogen-bond acceptors (Lipinski definition) is 6. The SMILES string of the molecule is Cn1cc(S(=O)(=O)NCc2nccnc2-c2ccsc2)cn1. The molecule has 0 bridgehead atoms. The van der Waals surface area contributed by atoms with E-state index in [9.17, 15) is 8.42 Å². The second kappa shape index (κ2) is 5.95. The van der Waals surface area contributed by atoms with Crippen LogP contribution in [0, 0.1) is 0 Å². The Morgan fingerprint density at radius 3 is 2.82 bits per heavy atom. The molecule has 3 heterocycles. The van der Waals surface area contributed by atoms with Crippen molar-refractivity contribution >= 4 is 21.4 Å². The average Bonchev–Trinajstić information content (AvgIpc) is 3.17. The fourth-order valence-electron chi connectivity index (χ4n) is 1.92. The van der Waals surface area contributed by atoms with E-state index >= 15 is 0 Å². The van der Waals surface area contributed by atoms with Crippen LogP contribution in [0.25, 0.3) is 11.3 Å². The Balaban J connectivity index is 1.83. The molecule has 3 rings (SSSR count). The van der Waals surface area contributed by atoms with E-state index in [1.165, 1.54) is 17.1 Å². The number of hydrogen-bond donors (Lipinski definition) is 1. The van der Waals surface area contributed by atoms with Gasteiger partial charge in [0, 0.05) is 36.6 Å². The molecule has 0 aliphatic carbocycles. The average molecular weight is 335 g/mol. The zero-order chi connectivity index (χ0) is 15.6. The maximum absolute atomic E-state index is 12.2. The third-order valence-electron chi connectivity index (χ3n) is 2.99. The molecule has 7 nitrogen and oxygen atoms in total. The van der Waals surface area contributed by atoms with E-state index in [-0.39, 0.29) is 11.4 Å². The monoisotopic (exact) mass is 335 g/mol. The summed E-state index contributed by atoms with van der Waals surface area (Å²) < 4.78 is 28.4. The van der Waals surface area contributed by atoms with E-state index in [0.29, 0.717) is 11.4 Å². The van der Waals surface area contributed by atoms with Gasteiger partial charge in [0.15, 0.2) is 0 Å². The molecule has 0 radical (unpaired) electrons. The van der Waals surface area contributed by atoms with Gasteiger partial charge in [-0.3, -0.25) is 14.6 Å². The largest absolute Gasteiger partial charge is 0.274 e. The second-order valence-corrected chi connectivity index (χ2v) is 7.08. The van der Waals surface area contributed by atoms with Crippen LogP contribution in [-0.4, -0.2) is 28.2 Å². The number of nitrogens with zero attached hydrogens (tertiary/aromatic N) is 4. The normalized spacial score (nSPS) is 11.7. The standard InChI is InChI=1S/C13H13N5O2S2/c1-18-8-11(6-16-18)22(19,20)17-7-12-13(15-4-3-14-12)10-2-5-21-9-10/h2-6,8-9,17H,7H2,1H3. The molecule has 0 amide bonds. The molecule has 0 unspecified atom stereocenters. The molecule has 0 aliphatic rings. The van der Waals surface area contributed by atoms with Crippen molar-refractivity contribution in [2.45, 2.75) is 11.4 Å². The van der Waals surface area contributed by atoms with E-state index < -0.39 is 10.0 Å². The van der Waals surface area contributed by atoms with Crippen molar-refractivity contribution in [2.24, 2.45) is 7.05 Å². The van der Waals surface area contributed by atoms with Gasteiger partial charge in [0.1, 0.15) is 4.90 Å². The maximum atomic E-state index is 12.2. The van der Waals surface area contributed by atoms with Crippen LogP contribution in [0.1, 0.15) is 5.69 Å². The summed E-state index contributed by atoms with van der Waals surface area (Å²) in [5, 5.41) is 7.75. The third-order valence-corrected chi connectivity index (χ3v) is 5.03. The number of rotatable bonds is 5. The van der Waals surface area contributed by atoms with Crippen molar-refractivity contribution in [3.63, 3.8) is 0 Å². The molecular formula is C13H13N5O2S2. The number of aromatic nitrogens is 4. The highest BCUT2D eigenvalue weighted by Crippen LogP contribution is 2.22. The molecule has 3 aromatic rings. The lowest BCUT2D eigenvalue weighted by atomic mass is 10.2. The van der Waals surface area contributed by atoms with Crippen LogP contribution in [0.15, 0.2) is 46.5 Å². The van der Waals surface area contributed by atoms with E-state index in [1.54, 1.807) is 30.8 Å².